The van der Waals surface area contributed by atoms with Gasteiger partial charge in [-0.3, -0.25) is 4.79 Å². The minimum Gasteiger partial charge on any atom is -0.396 e. The number of hydrogen-bond donors (Lipinski definition) is 2. The molecule has 2 aromatic heterocycles. The monoisotopic (exact) mass is 292 g/mol. The number of aromatic amines is 1. The summed E-state index contributed by atoms with van der Waals surface area (Å²) in [6.45, 7) is 0.104. The van der Waals surface area contributed by atoms with Crippen molar-refractivity contribution in [1.82, 2.24) is 4.98 Å². The maximum absolute atomic E-state index is 12.0. The molecular formula is C13H12N2O2S2. The van der Waals surface area contributed by atoms with Crippen LogP contribution in [0.5, 0.6) is 0 Å². The highest BCUT2D eigenvalue weighted by molar-refractivity contribution is 7.99. The van der Waals surface area contributed by atoms with Crippen molar-refractivity contribution < 1.29 is 5.11 Å². The smallest absolute Gasteiger partial charge is 0.257 e. The molecule has 0 saturated heterocycles. The Morgan fingerprint density at radius 2 is 2.37 bits per heavy atom. The van der Waals surface area contributed by atoms with Crippen LogP contribution in [-0.2, 0) is 0 Å². The normalized spacial score (nSPS) is 10.3. The molecule has 0 aliphatic rings. The van der Waals surface area contributed by atoms with Crippen molar-refractivity contribution >= 4 is 23.1 Å². The predicted octanol–water partition coefficient (Wildman–Crippen LogP) is 2.45. The van der Waals surface area contributed by atoms with Crippen LogP contribution in [0.4, 0.5) is 0 Å². The summed E-state index contributed by atoms with van der Waals surface area (Å²) in [7, 11) is 0. The highest BCUT2D eigenvalue weighted by Crippen LogP contribution is 2.26. The molecule has 2 aromatic rings. The third-order valence-corrected chi connectivity index (χ3v) is 4.47. The number of rotatable bonds is 5. The summed E-state index contributed by atoms with van der Waals surface area (Å²) < 4.78 is 0. The van der Waals surface area contributed by atoms with Gasteiger partial charge in [0, 0.05) is 17.2 Å². The second kappa shape index (κ2) is 6.57. The Morgan fingerprint density at radius 3 is 3.00 bits per heavy atom. The van der Waals surface area contributed by atoms with Gasteiger partial charge in [-0.25, -0.2) is 0 Å². The van der Waals surface area contributed by atoms with Crippen molar-refractivity contribution in [2.45, 2.75) is 11.4 Å². The molecule has 0 fully saturated rings. The molecule has 0 spiro atoms. The highest BCUT2D eigenvalue weighted by Gasteiger charge is 2.11. The molecule has 0 radical (unpaired) electrons. The molecule has 0 atom stereocenters. The summed E-state index contributed by atoms with van der Waals surface area (Å²) in [6.07, 6.45) is 0.629. The van der Waals surface area contributed by atoms with E-state index in [1.807, 2.05) is 17.5 Å². The second-order valence-corrected chi connectivity index (χ2v) is 5.82. The van der Waals surface area contributed by atoms with E-state index in [-0.39, 0.29) is 12.2 Å². The minimum absolute atomic E-state index is 0.104. The van der Waals surface area contributed by atoms with E-state index in [1.54, 1.807) is 6.07 Å². The average molecular weight is 292 g/mol. The maximum Gasteiger partial charge on any atom is 0.257 e. The number of aromatic nitrogens is 1. The quantitative estimate of drug-likeness (QED) is 0.655. The summed E-state index contributed by atoms with van der Waals surface area (Å²) >= 11 is 2.85. The summed E-state index contributed by atoms with van der Waals surface area (Å²) in [5.74, 6) is 0.666. The van der Waals surface area contributed by atoms with Gasteiger partial charge in [0.25, 0.3) is 5.56 Å². The van der Waals surface area contributed by atoms with Gasteiger partial charge < -0.3 is 10.1 Å². The number of thioether (sulfide) groups is 1. The number of aliphatic hydroxyl groups excluding tert-OH is 1. The Morgan fingerprint density at radius 1 is 1.53 bits per heavy atom. The van der Waals surface area contributed by atoms with Crippen molar-refractivity contribution in [3.8, 4) is 16.5 Å². The summed E-state index contributed by atoms with van der Waals surface area (Å²) in [6, 6.07) is 7.46. The van der Waals surface area contributed by atoms with Gasteiger partial charge in [-0.2, -0.15) is 5.26 Å². The number of nitrogens with one attached hydrogen (secondary N) is 1. The van der Waals surface area contributed by atoms with Crippen LogP contribution in [0, 0.1) is 11.3 Å². The van der Waals surface area contributed by atoms with Crippen LogP contribution < -0.4 is 5.56 Å². The SMILES string of the molecule is N#Cc1cc(-c2cccs2)c(=O)[nH]c1SCCCO. The van der Waals surface area contributed by atoms with Crippen LogP contribution in [0.2, 0.25) is 0 Å². The second-order valence-electron chi connectivity index (χ2n) is 3.77. The lowest BCUT2D eigenvalue weighted by molar-refractivity contribution is 0.296. The molecule has 2 N–H and O–H groups in total. The van der Waals surface area contributed by atoms with E-state index < -0.39 is 0 Å². The third-order valence-electron chi connectivity index (χ3n) is 2.46. The molecule has 2 heterocycles. The van der Waals surface area contributed by atoms with E-state index in [2.05, 4.69) is 11.1 Å². The summed E-state index contributed by atoms with van der Waals surface area (Å²) in [4.78, 5) is 15.6. The molecule has 0 bridgehead atoms. The lowest BCUT2D eigenvalue weighted by atomic mass is 10.2. The number of hydrogen-bond acceptors (Lipinski definition) is 5. The van der Waals surface area contributed by atoms with Gasteiger partial charge in [-0.15, -0.1) is 23.1 Å². The van der Waals surface area contributed by atoms with Gasteiger partial charge in [0.1, 0.15) is 6.07 Å². The van der Waals surface area contributed by atoms with E-state index in [4.69, 9.17) is 10.4 Å². The van der Waals surface area contributed by atoms with Crippen molar-refractivity contribution in [2.75, 3.05) is 12.4 Å². The molecule has 4 nitrogen and oxygen atoms in total. The van der Waals surface area contributed by atoms with Crippen molar-refractivity contribution in [2.24, 2.45) is 0 Å². The third kappa shape index (κ3) is 3.26. The van der Waals surface area contributed by atoms with Crippen LogP contribution >= 0.6 is 23.1 Å². The Labute approximate surface area is 118 Å². The van der Waals surface area contributed by atoms with Gasteiger partial charge in [0.2, 0.25) is 0 Å². The van der Waals surface area contributed by atoms with E-state index >= 15 is 0 Å². The number of pyridine rings is 1. The van der Waals surface area contributed by atoms with Crippen molar-refractivity contribution in [3.05, 3.63) is 39.5 Å². The molecule has 2 rings (SSSR count). The van der Waals surface area contributed by atoms with Gasteiger partial charge in [-0.1, -0.05) is 6.07 Å². The number of nitriles is 1. The van der Waals surface area contributed by atoms with Crippen molar-refractivity contribution in [1.29, 1.82) is 5.26 Å². The van der Waals surface area contributed by atoms with Gasteiger partial charge in [0.05, 0.1) is 16.2 Å². The van der Waals surface area contributed by atoms with Crippen LogP contribution in [0.15, 0.2) is 33.4 Å². The van der Waals surface area contributed by atoms with E-state index in [9.17, 15) is 4.79 Å². The standard InChI is InChI=1S/C13H12N2O2S2/c14-8-9-7-10(11-3-1-5-18-11)12(17)15-13(9)19-6-2-4-16/h1,3,5,7,16H,2,4,6H2,(H,15,17). The lowest BCUT2D eigenvalue weighted by Crippen LogP contribution is -2.10. The topological polar surface area (TPSA) is 76.9 Å². The van der Waals surface area contributed by atoms with Crippen molar-refractivity contribution in [3.63, 3.8) is 0 Å². The number of aliphatic hydroxyl groups is 1. The van der Waals surface area contributed by atoms with Crippen LogP contribution in [-0.4, -0.2) is 22.5 Å². The zero-order valence-corrected chi connectivity index (χ0v) is 11.7. The first kappa shape index (κ1) is 13.9. The van der Waals surface area contributed by atoms with Crippen LogP contribution in [0.1, 0.15) is 12.0 Å². The molecule has 0 saturated carbocycles. The molecule has 0 unspecified atom stereocenters. The minimum atomic E-state index is -0.187. The first-order valence-electron chi connectivity index (χ1n) is 5.71. The fourth-order valence-electron chi connectivity index (χ4n) is 1.56. The molecule has 0 amide bonds. The Balaban J connectivity index is 2.36. The maximum atomic E-state index is 12.0. The fourth-order valence-corrected chi connectivity index (χ4v) is 3.21. The first-order chi connectivity index (χ1) is 9.26. The van der Waals surface area contributed by atoms with E-state index in [0.29, 0.717) is 28.3 Å². The highest BCUT2D eigenvalue weighted by atomic mass is 32.2. The molecule has 6 heteroatoms. The molecule has 0 aliphatic carbocycles. The van der Waals surface area contributed by atoms with Gasteiger partial charge in [-0.05, 0) is 23.9 Å². The van der Waals surface area contributed by atoms with Crippen LogP contribution in [0.3, 0.4) is 0 Å². The molecule has 19 heavy (non-hydrogen) atoms. The summed E-state index contributed by atoms with van der Waals surface area (Å²) in [5.41, 5.74) is 0.803. The average Bonchev–Trinajstić information content (AvgIpc) is 2.93. The van der Waals surface area contributed by atoms with Crippen LogP contribution in [0.25, 0.3) is 10.4 Å². The zero-order chi connectivity index (χ0) is 13.7. The van der Waals surface area contributed by atoms with E-state index in [1.165, 1.54) is 23.1 Å². The Kier molecular flexibility index (Phi) is 4.80. The number of thiophene rings is 1. The van der Waals surface area contributed by atoms with Gasteiger partial charge in [0.15, 0.2) is 0 Å². The number of H-pyrrole nitrogens is 1. The molecule has 0 aliphatic heterocycles. The lowest BCUT2D eigenvalue weighted by Gasteiger charge is -2.05. The molecule has 98 valence electrons. The van der Waals surface area contributed by atoms with E-state index in [0.717, 1.165) is 4.88 Å². The summed E-state index contributed by atoms with van der Waals surface area (Å²) in [5, 5.41) is 20.4. The Hall–Kier alpha value is -1.55. The Bertz CT molecular complexity index is 642. The fraction of sp³-hybridized carbons (Fsp3) is 0.231. The molecule has 0 aromatic carbocycles. The molecular weight excluding hydrogens is 280 g/mol. The first-order valence-corrected chi connectivity index (χ1v) is 7.57. The largest absolute Gasteiger partial charge is 0.396 e. The predicted molar refractivity (Wildman–Crippen MR) is 77.5 cm³/mol. The zero-order valence-electron chi connectivity index (χ0n) is 10.0. The van der Waals surface area contributed by atoms with Gasteiger partial charge >= 0.3 is 0 Å². The number of nitrogens with zero attached hydrogens (tertiary/aromatic N) is 1.